The molecule has 2 atom stereocenters. The van der Waals surface area contributed by atoms with Gasteiger partial charge in [-0.05, 0) is 42.5 Å². The van der Waals surface area contributed by atoms with E-state index in [0.29, 0.717) is 28.9 Å². The molecule has 1 aromatic carbocycles. The molecule has 0 saturated heterocycles. The molecule has 0 bridgehead atoms. The lowest BCUT2D eigenvalue weighted by Gasteiger charge is -2.29. The quantitative estimate of drug-likeness (QED) is 0.865. The first-order chi connectivity index (χ1) is 9.95. The highest BCUT2D eigenvalue weighted by atomic mass is 35.5. The topological polar surface area (TPSA) is 46.3 Å². The summed E-state index contributed by atoms with van der Waals surface area (Å²) in [5, 5.41) is 1.18. The Morgan fingerprint density at radius 1 is 1.23 bits per heavy atom. The van der Waals surface area contributed by atoms with Crippen LogP contribution in [0.1, 0.15) is 37.7 Å². The largest absolute Gasteiger partial charge is 0.341 e. The van der Waals surface area contributed by atoms with Crippen LogP contribution in [0.25, 0.3) is 0 Å². The Hall–Kier alpha value is -0.480. The smallest absolute Gasteiger partial charge is 0.222 e. The van der Waals surface area contributed by atoms with Crippen molar-refractivity contribution in [1.29, 1.82) is 0 Å². The molecule has 22 heavy (non-hydrogen) atoms. The van der Waals surface area contributed by atoms with Crippen molar-refractivity contribution in [1.82, 2.24) is 4.90 Å². The van der Waals surface area contributed by atoms with E-state index in [1.165, 1.54) is 12.8 Å². The van der Waals surface area contributed by atoms with E-state index in [4.69, 9.17) is 28.9 Å². The van der Waals surface area contributed by atoms with Crippen LogP contribution in [-0.2, 0) is 11.3 Å². The molecule has 0 spiro atoms. The lowest BCUT2D eigenvalue weighted by molar-refractivity contribution is -0.131. The van der Waals surface area contributed by atoms with E-state index in [1.807, 2.05) is 19.2 Å². The lowest BCUT2D eigenvalue weighted by atomic mass is 9.83. The van der Waals surface area contributed by atoms with Gasteiger partial charge in [0.05, 0.1) is 0 Å². The zero-order valence-electron chi connectivity index (χ0n) is 12.7. The number of hydrogen-bond acceptors (Lipinski definition) is 2. The lowest BCUT2D eigenvalue weighted by Crippen LogP contribution is -2.37. The Labute approximate surface area is 148 Å². The normalized spacial score (nSPS) is 21.1. The molecule has 2 unspecified atom stereocenters. The van der Waals surface area contributed by atoms with Gasteiger partial charge in [0.25, 0.3) is 0 Å². The van der Waals surface area contributed by atoms with Crippen LogP contribution in [0.15, 0.2) is 18.2 Å². The first-order valence-electron chi connectivity index (χ1n) is 7.40. The average Bonchev–Trinajstić information content (AvgIpc) is 2.40. The molecule has 2 rings (SSSR count). The van der Waals surface area contributed by atoms with Crippen molar-refractivity contribution in [2.75, 3.05) is 7.05 Å². The molecule has 1 aromatic rings. The SMILES string of the molecule is CN(Cc1cc(Cl)cc(Cl)c1)C(=O)CC1CCCCC1N.Cl. The highest BCUT2D eigenvalue weighted by molar-refractivity contribution is 6.34. The molecule has 3 nitrogen and oxygen atoms in total. The fourth-order valence-corrected chi connectivity index (χ4v) is 3.51. The van der Waals surface area contributed by atoms with E-state index in [9.17, 15) is 4.79 Å². The van der Waals surface area contributed by atoms with E-state index in [-0.39, 0.29) is 24.4 Å². The number of carbonyl (C=O) groups excluding carboxylic acids is 1. The molecule has 0 radical (unpaired) electrons. The Morgan fingerprint density at radius 3 is 2.41 bits per heavy atom. The molecule has 6 heteroatoms. The van der Waals surface area contributed by atoms with Gasteiger partial charge in [0, 0.05) is 36.1 Å². The van der Waals surface area contributed by atoms with E-state index in [1.54, 1.807) is 11.0 Å². The first kappa shape index (κ1) is 19.6. The maximum absolute atomic E-state index is 12.3. The summed E-state index contributed by atoms with van der Waals surface area (Å²) < 4.78 is 0. The second-order valence-corrected chi connectivity index (χ2v) is 6.81. The second kappa shape index (κ2) is 8.97. The first-order valence-corrected chi connectivity index (χ1v) is 8.16. The monoisotopic (exact) mass is 364 g/mol. The van der Waals surface area contributed by atoms with Gasteiger partial charge in [-0.1, -0.05) is 36.0 Å². The number of amides is 1. The molecule has 124 valence electrons. The Balaban J connectivity index is 0.00000242. The third kappa shape index (κ3) is 5.62. The minimum atomic E-state index is 0. The van der Waals surface area contributed by atoms with Crippen LogP contribution in [0.4, 0.5) is 0 Å². The van der Waals surface area contributed by atoms with Crippen LogP contribution in [0, 0.1) is 5.92 Å². The zero-order chi connectivity index (χ0) is 15.4. The van der Waals surface area contributed by atoms with Crippen LogP contribution in [0.3, 0.4) is 0 Å². The van der Waals surface area contributed by atoms with Crippen molar-refractivity contribution in [2.45, 2.75) is 44.7 Å². The van der Waals surface area contributed by atoms with Gasteiger partial charge in [-0.2, -0.15) is 0 Å². The van der Waals surface area contributed by atoms with Gasteiger partial charge < -0.3 is 10.6 Å². The summed E-state index contributed by atoms with van der Waals surface area (Å²) in [4.78, 5) is 14.1. The molecule has 2 N–H and O–H groups in total. The summed E-state index contributed by atoms with van der Waals surface area (Å²) in [5.41, 5.74) is 7.06. The molecular weight excluding hydrogens is 343 g/mol. The third-order valence-electron chi connectivity index (χ3n) is 4.17. The minimum absolute atomic E-state index is 0. The molecule has 1 aliphatic carbocycles. The second-order valence-electron chi connectivity index (χ2n) is 5.94. The number of halogens is 3. The zero-order valence-corrected chi connectivity index (χ0v) is 15.1. The average molecular weight is 366 g/mol. The van der Waals surface area contributed by atoms with Crippen LogP contribution < -0.4 is 5.73 Å². The fraction of sp³-hybridized carbons (Fsp3) is 0.562. The standard InChI is InChI=1S/C16H22Cl2N2O.ClH/c1-20(10-11-6-13(17)9-14(18)7-11)16(21)8-12-4-2-3-5-15(12)19;/h6-7,9,12,15H,2-5,8,10,19H2,1H3;1H. The van der Waals surface area contributed by atoms with Crippen molar-refractivity contribution in [2.24, 2.45) is 11.7 Å². The summed E-state index contributed by atoms with van der Waals surface area (Å²) >= 11 is 12.0. The summed E-state index contributed by atoms with van der Waals surface area (Å²) in [6, 6.07) is 5.53. The molecular formula is C16H23Cl3N2O. The molecule has 0 aliphatic heterocycles. The molecule has 1 amide bonds. The van der Waals surface area contributed by atoms with Gasteiger partial charge in [-0.15, -0.1) is 12.4 Å². The van der Waals surface area contributed by atoms with E-state index < -0.39 is 0 Å². The van der Waals surface area contributed by atoms with Gasteiger partial charge in [-0.3, -0.25) is 4.79 Å². The predicted octanol–water partition coefficient (Wildman–Crippen LogP) is 4.28. The van der Waals surface area contributed by atoms with Gasteiger partial charge in [0.15, 0.2) is 0 Å². The number of carbonyl (C=O) groups is 1. The number of nitrogens with zero attached hydrogens (tertiary/aromatic N) is 1. The molecule has 1 saturated carbocycles. The van der Waals surface area contributed by atoms with Crippen molar-refractivity contribution in [3.63, 3.8) is 0 Å². The third-order valence-corrected chi connectivity index (χ3v) is 4.61. The molecule has 0 heterocycles. The van der Waals surface area contributed by atoms with Gasteiger partial charge in [0.1, 0.15) is 0 Å². The summed E-state index contributed by atoms with van der Waals surface area (Å²) in [7, 11) is 1.81. The summed E-state index contributed by atoms with van der Waals surface area (Å²) in [6.45, 7) is 0.515. The molecule has 1 fully saturated rings. The van der Waals surface area contributed by atoms with Crippen LogP contribution in [-0.4, -0.2) is 23.9 Å². The maximum atomic E-state index is 12.3. The van der Waals surface area contributed by atoms with Crippen LogP contribution in [0.5, 0.6) is 0 Å². The van der Waals surface area contributed by atoms with Crippen LogP contribution >= 0.6 is 35.6 Å². The number of nitrogens with two attached hydrogens (primary N) is 1. The van der Waals surface area contributed by atoms with E-state index in [0.717, 1.165) is 18.4 Å². The fourth-order valence-electron chi connectivity index (χ4n) is 2.93. The van der Waals surface area contributed by atoms with Crippen molar-refractivity contribution in [3.05, 3.63) is 33.8 Å². The predicted molar refractivity (Wildman–Crippen MR) is 94.7 cm³/mol. The van der Waals surface area contributed by atoms with Crippen molar-refractivity contribution >= 4 is 41.5 Å². The van der Waals surface area contributed by atoms with Crippen molar-refractivity contribution < 1.29 is 4.79 Å². The Morgan fingerprint density at radius 2 is 1.82 bits per heavy atom. The van der Waals surface area contributed by atoms with Crippen molar-refractivity contribution in [3.8, 4) is 0 Å². The molecule has 0 aromatic heterocycles. The number of hydrogen-bond donors (Lipinski definition) is 1. The Kier molecular flexibility index (Phi) is 7.98. The molecule has 1 aliphatic rings. The van der Waals surface area contributed by atoms with Gasteiger partial charge >= 0.3 is 0 Å². The number of rotatable bonds is 4. The van der Waals surface area contributed by atoms with E-state index in [2.05, 4.69) is 0 Å². The van der Waals surface area contributed by atoms with E-state index >= 15 is 0 Å². The highest BCUT2D eigenvalue weighted by Crippen LogP contribution is 2.26. The maximum Gasteiger partial charge on any atom is 0.222 e. The number of benzene rings is 1. The van der Waals surface area contributed by atoms with Crippen LogP contribution in [0.2, 0.25) is 10.0 Å². The summed E-state index contributed by atoms with van der Waals surface area (Å²) in [6.07, 6.45) is 4.99. The summed E-state index contributed by atoms with van der Waals surface area (Å²) in [5.74, 6) is 0.449. The Bertz CT molecular complexity index is 490. The highest BCUT2D eigenvalue weighted by Gasteiger charge is 2.25. The van der Waals surface area contributed by atoms with Gasteiger partial charge in [-0.25, -0.2) is 0 Å². The van der Waals surface area contributed by atoms with Gasteiger partial charge in [0.2, 0.25) is 5.91 Å². The minimum Gasteiger partial charge on any atom is -0.341 e.